The van der Waals surface area contributed by atoms with Gasteiger partial charge in [0.15, 0.2) is 5.82 Å². The van der Waals surface area contributed by atoms with E-state index in [4.69, 9.17) is 5.73 Å². The van der Waals surface area contributed by atoms with Gasteiger partial charge in [-0.15, -0.1) is 5.10 Å². The van der Waals surface area contributed by atoms with E-state index >= 15 is 0 Å². The summed E-state index contributed by atoms with van der Waals surface area (Å²) in [7, 11) is 0. The molecule has 4 heteroatoms. The molecule has 4 nitrogen and oxygen atoms in total. The van der Waals surface area contributed by atoms with Crippen LogP contribution in [0.2, 0.25) is 0 Å². The van der Waals surface area contributed by atoms with Crippen molar-refractivity contribution in [3.8, 4) is 11.4 Å². The maximum absolute atomic E-state index is 5.39. The van der Waals surface area contributed by atoms with Crippen molar-refractivity contribution in [2.24, 2.45) is 0 Å². The Morgan fingerprint density at radius 2 is 1.73 bits per heavy atom. The molecule has 0 saturated carbocycles. The zero-order chi connectivity index (χ0) is 11.3. The van der Waals surface area contributed by atoms with Crippen molar-refractivity contribution < 1.29 is 0 Å². The fraction of sp³-hybridized carbons (Fsp3) is 0.273. The Bertz CT molecular complexity index is 403. The second-order valence-corrected chi connectivity index (χ2v) is 2.91. The largest absolute Gasteiger partial charge is 0.366 e. The van der Waals surface area contributed by atoms with Crippen molar-refractivity contribution in [3.63, 3.8) is 0 Å². The lowest BCUT2D eigenvalue weighted by Gasteiger charge is -1.95. The van der Waals surface area contributed by atoms with Gasteiger partial charge in [0.05, 0.1) is 0 Å². The zero-order valence-electron chi connectivity index (χ0n) is 9.28. The number of nitrogens with two attached hydrogens (primary N) is 1. The maximum atomic E-state index is 5.39. The second-order valence-electron chi connectivity index (χ2n) is 2.91. The van der Waals surface area contributed by atoms with E-state index in [1.807, 2.05) is 45.0 Å². The summed E-state index contributed by atoms with van der Waals surface area (Å²) in [5.41, 5.74) is 7.61. The summed E-state index contributed by atoms with van der Waals surface area (Å²) in [4.78, 5) is 4.02. The molecule has 3 N–H and O–H groups in total. The monoisotopic (exact) mass is 204 g/mol. The molecule has 1 aromatic carbocycles. The minimum atomic E-state index is 0.274. The molecule has 0 unspecified atom stereocenters. The number of nitrogen functional groups attached to an aromatic ring is 1. The van der Waals surface area contributed by atoms with Gasteiger partial charge in [0.1, 0.15) is 0 Å². The van der Waals surface area contributed by atoms with E-state index in [-0.39, 0.29) is 5.95 Å². The highest BCUT2D eigenvalue weighted by Gasteiger charge is 2.01. The van der Waals surface area contributed by atoms with Crippen molar-refractivity contribution in [2.75, 3.05) is 5.73 Å². The van der Waals surface area contributed by atoms with Gasteiger partial charge in [-0.3, -0.25) is 5.10 Å². The number of H-pyrrole nitrogens is 1. The highest BCUT2D eigenvalue weighted by Crippen LogP contribution is 2.15. The van der Waals surface area contributed by atoms with Crippen LogP contribution in [0.3, 0.4) is 0 Å². The normalized spacial score (nSPS) is 9.27. The fourth-order valence-electron chi connectivity index (χ4n) is 1.12. The molecule has 15 heavy (non-hydrogen) atoms. The first-order chi connectivity index (χ1) is 7.25. The summed E-state index contributed by atoms with van der Waals surface area (Å²) < 4.78 is 0. The summed E-state index contributed by atoms with van der Waals surface area (Å²) in [5, 5.41) is 6.51. The number of rotatable bonds is 1. The van der Waals surface area contributed by atoms with Crippen LogP contribution in [0.1, 0.15) is 19.4 Å². The van der Waals surface area contributed by atoms with Crippen LogP contribution in [-0.4, -0.2) is 15.2 Å². The van der Waals surface area contributed by atoms with E-state index in [9.17, 15) is 0 Å². The Kier molecular flexibility index (Phi) is 3.85. The molecule has 0 spiro atoms. The standard InChI is InChI=1S/C9H10N4.C2H6/c1-6-2-4-7(5-3-6)8-11-9(10)13-12-8;1-2/h2-5H,1H3,(H3,10,11,12,13);1-2H3. The molecule has 0 aliphatic heterocycles. The summed E-state index contributed by atoms with van der Waals surface area (Å²) in [6, 6.07) is 8.01. The van der Waals surface area contributed by atoms with E-state index in [1.165, 1.54) is 5.56 Å². The highest BCUT2D eigenvalue weighted by atomic mass is 15.3. The molecule has 0 bridgehead atoms. The van der Waals surface area contributed by atoms with Gasteiger partial charge < -0.3 is 5.73 Å². The minimum absolute atomic E-state index is 0.274. The first-order valence-corrected chi connectivity index (χ1v) is 5.00. The van der Waals surface area contributed by atoms with Crippen LogP contribution in [0.5, 0.6) is 0 Å². The average molecular weight is 204 g/mol. The summed E-state index contributed by atoms with van der Waals surface area (Å²) in [6.07, 6.45) is 0. The molecule has 80 valence electrons. The quantitative estimate of drug-likeness (QED) is 0.749. The second kappa shape index (κ2) is 5.14. The van der Waals surface area contributed by atoms with Crippen LogP contribution in [0, 0.1) is 6.92 Å². The number of aromatic amines is 1. The number of nitrogens with zero attached hydrogens (tertiary/aromatic N) is 2. The van der Waals surface area contributed by atoms with Gasteiger partial charge in [0, 0.05) is 5.56 Å². The van der Waals surface area contributed by atoms with E-state index in [1.54, 1.807) is 0 Å². The third-order valence-corrected chi connectivity index (χ3v) is 1.83. The molecule has 0 amide bonds. The number of aromatic nitrogens is 3. The Morgan fingerprint density at radius 1 is 1.13 bits per heavy atom. The number of benzene rings is 1. The molecule has 0 radical (unpaired) electrons. The topological polar surface area (TPSA) is 67.6 Å². The van der Waals surface area contributed by atoms with Crippen LogP contribution in [0.4, 0.5) is 5.95 Å². The number of anilines is 1. The smallest absolute Gasteiger partial charge is 0.239 e. The maximum Gasteiger partial charge on any atom is 0.239 e. The molecule has 0 atom stereocenters. The molecule has 1 heterocycles. The van der Waals surface area contributed by atoms with E-state index in [0.29, 0.717) is 5.82 Å². The van der Waals surface area contributed by atoms with Gasteiger partial charge in [-0.2, -0.15) is 4.98 Å². The van der Waals surface area contributed by atoms with Crippen molar-refractivity contribution >= 4 is 5.95 Å². The Hall–Kier alpha value is -1.84. The number of hydrogen-bond donors (Lipinski definition) is 2. The Morgan fingerprint density at radius 3 is 2.20 bits per heavy atom. The molecule has 0 saturated heterocycles. The predicted octanol–water partition coefficient (Wildman–Crippen LogP) is 2.39. The summed E-state index contributed by atoms with van der Waals surface area (Å²) in [6.45, 7) is 6.04. The van der Waals surface area contributed by atoms with Crippen molar-refractivity contribution in [1.82, 2.24) is 15.2 Å². The van der Waals surface area contributed by atoms with E-state index < -0.39 is 0 Å². The Balaban J connectivity index is 0.000000531. The van der Waals surface area contributed by atoms with Gasteiger partial charge >= 0.3 is 0 Å². The molecular weight excluding hydrogens is 188 g/mol. The first-order valence-electron chi connectivity index (χ1n) is 5.00. The van der Waals surface area contributed by atoms with Crippen molar-refractivity contribution in [1.29, 1.82) is 0 Å². The lowest BCUT2D eigenvalue weighted by atomic mass is 10.1. The molecule has 0 aliphatic carbocycles. The van der Waals surface area contributed by atoms with Crippen LogP contribution < -0.4 is 5.73 Å². The van der Waals surface area contributed by atoms with Crippen LogP contribution >= 0.6 is 0 Å². The minimum Gasteiger partial charge on any atom is -0.366 e. The first kappa shape index (κ1) is 11.2. The molecule has 0 aliphatic rings. The predicted molar refractivity (Wildman–Crippen MR) is 62.3 cm³/mol. The lowest BCUT2D eigenvalue weighted by Crippen LogP contribution is -1.85. The van der Waals surface area contributed by atoms with Gasteiger partial charge in [-0.1, -0.05) is 43.7 Å². The van der Waals surface area contributed by atoms with E-state index in [2.05, 4.69) is 15.2 Å². The SMILES string of the molecule is CC.Cc1ccc(-c2nc(N)n[nH]2)cc1. The molecule has 2 rings (SSSR count). The molecular formula is C11H16N4. The lowest BCUT2D eigenvalue weighted by molar-refractivity contribution is 1.10. The zero-order valence-corrected chi connectivity index (χ0v) is 9.28. The molecule has 0 fully saturated rings. The fourth-order valence-corrected chi connectivity index (χ4v) is 1.12. The number of nitrogens with one attached hydrogen (secondary N) is 1. The van der Waals surface area contributed by atoms with Crippen molar-refractivity contribution in [3.05, 3.63) is 29.8 Å². The van der Waals surface area contributed by atoms with Gasteiger partial charge in [-0.05, 0) is 6.92 Å². The van der Waals surface area contributed by atoms with Crippen molar-refractivity contribution in [2.45, 2.75) is 20.8 Å². The average Bonchev–Trinajstić information content (AvgIpc) is 2.69. The van der Waals surface area contributed by atoms with Crippen LogP contribution in [-0.2, 0) is 0 Å². The third-order valence-electron chi connectivity index (χ3n) is 1.83. The van der Waals surface area contributed by atoms with Gasteiger partial charge in [-0.25, -0.2) is 0 Å². The summed E-state index contributed by atoms with van der Waals surface area (Å²) >= 11 is 0. The van der Waals surface area contributed by atoms with Crippen LogP contribution in [0.15, 0.2) is 24.3 Å². The molecule has 1 aromatic heterocycles. The molecule has 2 aromatic rings. The van der Waals surface area contributed by atoms with Crippen LogP contribution in [0.25, 0.3) is 11.4 Å². The van der Waals surface area contributed by atoms with E-state index in [0.717, 1.165) is 5.56 Å². The number of hydrogen-bond acceptors (Lipinski definition) is 3. The highest BCUT2D eigenvalue weighted by molar-refractivity contribution is 5.55. The van der Waals surface area contributed by atoms with Gasteiger partial charge in [0.25, 0.3) is 0 Å². The Labute approximate surface area is 89.5 Å². The number of aryl methyl sites for hydroxylation is 1. The summed E-state index contributed by atoms with van der Waals surface area (Å²) in [5.74, 6) is 0.980. The van der Waals surface area contributed by atoms with Gasteiger partial charge in [0.2, 0.25) is 5.95 Å². The third kappa shape index (κ3) is 2.80.